The van der Waals surface area contributed by atoms with Gasteiger partial charge in [0, 0.05) is 43.0 Å². The number of benzene rings is 2. The van der Waals surface area contributed by atoms with E-state index in [1.54, 1.807) is 17.5 Å². The molecule has 0 aliphatic carbocycles. The van der Waals surface area contributed by atoms with Gasteiger partial charge in [-0.15, -0.1) is 0 Å². The van der Waals surface area contributed by atoms with Crippen LogP contribution in [0.4, 0.5) is 10.2 Å². The number of hydrogen-bond acceptors (Lipinski definition) is 5. The Hall–Kier alpha value is -2.95. The van der Waals surface area contributed by atoms with Crippen LogP contribution >= 0.6 is 11.6 Å². The Labute approximate surface area is 204 Å². The van der Waals surface area contributed by atoms with Crippen LogP contribution in [0.15, 0.2) is 59.6 Å². The molecule has 0 atom stereocenters. The van der Waals surface area contributed by atoms with Crippen LogP contribution in [0.2, 0.25) is 5.02 Å². The van der Waals surface area contributed by atoms with Gasteiger partial charge in [-0.05, 0) is 42.6 Å². The van der Waals surface area contributed by atoms with Crippen molar-refractivity contribution < 1.29 is 12.8 Å². The number of sulfonamides is 1. The molecule has 11 heteroatoms. The zero-order valence-corrected chi connectivity index (χ0v) is 20.2. The van der Waals surface area contributed by atoms with Gasteiger partial charge in [0.1, 0.15) is 19.5 Å². The molecule has 2 aromatic heterocycles. The normalized spacial score (nSPS) is 11.9. The minimum Gasteiger partial charge on any atom is -0.370 e. The first kappa shape index (κ1) is 24.2. The first-order valence-electron chi connectivity index (χ1n) is 10.5. The molecule has 0 fully saturated rings. The lowest BCUT2D eigenvalue weighted by Gasteiger charge is -2.19. The summed E-state index contributed by atoms with van der Waals surface area (Å²) in [5.41, 5.74) is 2.80. The SMILES string of the molecule is [B]c1cnn2c(NCCCN(C)S(=O)(=O)c3cc(F)ccc3C)cc(-c3ccccc3Cl)nc12. The average molecular weight is 498 g/mol. The highest BCUT2D eigenvalue weighted by molar-refractivity contribution is 7.89. The summed E-state index contributed by atoms with van der Waals surface area (Å²) in [5.74, 6) is 0.0527. The first-order valence-corrected chi connectivity index (χ1v) is 12.4. The molecule has 1 N–H and O–H groups in total. The molecule has 2 radical (unpaired) electrons. The van der Waals surface area contributed by atoms with Crippen molar-refractivity contribution in [3.05, 3.63) is 71.1 Å². The van der Waals surface area contributed by atoms with Gasteiger partial charge in [-0.3, -0.25) is 0 Å². The third kappa shape index (κ3) is 4.80. The van der Waals surface area contributed by atoms with E-state index in [0.717, 1.165) is 11.6 Å². The van der Waals surface area contributed by atoms with E-state index in [4.69, 9.17) is 19.4 Å². The largest absolute Gasteiger partial charge is 0.370 e. The fraction of sp³-hybridized carbons (Fsp3) is 0.217. The highest BCUT2D eigenvalue weighted by Crippen LogP contribution is 2.28. The molecule has 2 heterocycles. The summed E-state index contributed by atoms with van der Waals surface area (Å²) in [7, 11) is 3.71. The van der Waals surface area contributed by atoms with Crippen LogP contribution in [0, 0.1) is 12.7 Å². The van der Waals surface area contributed by atoms with Gasteiger partial charge >= 0.3 is 0 Å². The number of anilines is 1. The van der Waals surface area contributed by atoms with Gasteiger partial charge in [0.25, 0.3) is 0 Å². The summed E-state index contributed by atoms with van der Waals surface area (Å²) in [5, 5.41) is 8.11. The van der Waals surface area contributed by atoms with Crippen molar-refractivity contribution in [2.45, 2.75) is 18.2 Å². The van der Waals surface area contributed by atoms with Gasteiger partial charge in [-0.1, -0.05) is 35.9 Å². The third-order valence-electron chi connectivity index (χ3n) is 5.44. The van der Waals surface area contributed by atoms with Gasteiger partial charge in [0.15, 0.2) is 5.65 Å². The van der Waals surface area contributed by atoms with E-state index in [1.165, 1.54) is 29.7 Å². The minimum absolute atomic E-state index is 0.0322. The van der Waals surface area contributed by atoms with E-state index in [1.807, 2.05) is 24.3 Å². The molecule has 0 bridgehead atoms. The molecule has 0 saturated carbocycles. The molecule has 4 aromatic rings. The maximum Gasteiger partial charge on any atom is 0.243 e. The maximum atomic E-state index is 13.6. The smallest absolute Gasteiger partial charge is 0.243 e. The topological polar surface area (TPSA) is 79.6 Å². The first-order chi connectivity index (χ1) is 16.2. The summed E-state index contributed by atoms with van der Waals surface area (Å²) < 4.78 is 42.2. The number of nitrogens with one attached hydrogen (secondary N) is 1. The molecule has 174 valence electrons. The molecule has 0 amide bonds. The molecule has 4 rings (SSSR count). The second-order valence-corrected chi connectivity index (χ2v) is 10.3. The third-order valence-corrected chi connectivity index (χ3v) is 7.77. The van der Waals surface area contributed by atoms with E-state index in [9.17, 15) is 12.8 Å². The lowest BCUT2D eigenvalue weighted by Crippen LogP contribution is -2.29. The minimum atomic E-state index is -3.81. The van der Waals surface area contributed by atoms with Crippen molar-refractivity contribution in [1.82, 2.24) is 18.9 Å². The van der Waals surface area contributed by atoms with Crippen molar-refractivity contribution in [3.8, 4) is 11.3 Å². The molecule has 34 heavy (non-hydrogen) atoms. The van der Waals surface area contributed by atoms with Gasteiger partial charge in [0.05, 0.1) is 10.6 Å². The van der Waals surface area contributed by atoms with Gasteiger partial charge in [-0.25, -0.2) is 22.1 Å². The Morgan fingerprint density at radius 2 is 1.97 bits per heavy atom. The van der Waals surface area contributed by atoms with E-state index >= 15 is 0 Å². The maximum absolute atomic E-state index is 13.6. The van der Waals surface area contributed by atoms with Gasteiger partial charge < -0.3 is 5.32 Å². The van der Waals surface area contributed by atoms with Crippen LogP contribution in [0.1, 0.15) is 12.0 Å². The molecule has 0 aliphatic rings. The van der Waals surface area contributed by atoms with Crippen LogP contribution in [0.5, 0.6) is 0 Å². The summed E-state index contributed by atoms with van der Waals surface area (Å²) in [4.78, 5) is 4.56. The lowest BCUT2D eigenvalue weighted by molar-refractivity contribution is 0.464. The van der Waals surface area contributed by atoms with E-state index in [-0.39, 0.29) is 11.4 Å². The number of nitrogens with zero attached hydrogens (tertiary/aromatic N) is 4. The predicted molar refractivity (Wildman–Crippen MR) is 133 cm³/mol. The molecular formula is C23H22BClFN5O2S. The number of fused-ring (bicyclic) bond motifs is 1. The van der Waals surface area contributed by atoms with Crippen LogP contribution in [-0.2, 0) is 10.0 Å². The fourth-order valence-electron chi connectivity index (χ4n) is 3.57. The van der Waals surface area contributed by atoms with Crippen molar-refractivity contribution in [1.29, 1.82) is 0 Å². The monoisotopic (exact) mass is 497 g/mol. The Kier molecular flexibility index (Phi) is 6.92. The lowest BCUT2D eigenvalue weighted by atomic mass is 10.0. The molecule has 0 unspecified atom stereocenters. The summed E-state index contributed by atoms with van der Waals surface area (Å²) >= 11 is 6.35. The fourth-order valence-corrected chi connectivity index (χ4v) is 5.24. The summed E-state index contributed by atoms with van der Waals surface area (Å²) in [6.07, 6.45) is 2.01. The Morgan fingerprint density at radius 3 is 2.74 bits per heavy atom. The average Bonchev–Trinajstić information content (AvgIpc) is 3.19. The quantitative estimate of drug-likeness (QED) is 0.298. The van der Waals surface area contributed by atoms with Crippen molar-refractivity contribution in [3.63, 3.8) is 0 Å². The van der Waals surface area contributed by atoms with Gasteiger partial charge in [-0.2, -0.15) is 9.61 Å². The molecule has 0 spiro atoms. The number of rotatable bonds is 8. The van der Waals surface area contributed by atoms with E-state index in [2.05, 4.69) is 15.4 Å². The van der Waals surface area contributed by atoms with E-state index in [0.29, 0.717) is 46.2 Å². The number of aromatic nitrogens is 3. The standard InChI is InChI=1S/C23H22BClFN5O2S/c1-15-8-9-16(26)12-21(15)34(32,33)30(2)11-5-10-27-22-13-20(17-6-3-4-7-19(17)25)29-23-18(24)14-28-31(22)23/h3-4,6-9,12-14,27H,5,10-11H2,1-2H3. The Balaban J connectivity index is 1.50. The molecule has 0 saturated heterocycles. The highest BCUT2D eigenvalue weighted by Gasteiger charge is 2.23. The number of hydrogen-bond donors (Lipinski definition) is 1. The molecule has 7 nitrogen and oxygen atoms in total. The summed E-state index contributed by atoms with van der Waals surface area (Å²) in [6, 6.07) is 12.9. The highest BCUT2D eigenvalue weighted by atomic mass is 35.5. The van der Waals surface area contributed by atoms with Crippen LogP contribution in [0.25, 0.3) is 16.9 Å². The van der Waals surface area contributed by atoms with Crippen LogP contribution in [-0.4, -0.2) is 55.3 Å². The van der Waals surface area contributed by atoms with Crippen molar-refractivity contribution in [2.75, 3.05) is 25.5 Å². The van der Waals surface area contributed by atoms with Crippen LogP contribution < -0.4 is 10.8 Å². The zero-order valence-electron chi connectivity index (χ0n) is 18.7. The predicted octanol–water partition coefficient (Wildman–Crippen LogP) is 3.41. The molecule has 2 aromatic carbocycles. The second-order valence-electron chi connectivity index (χ2n) is 7.86. The number of halogens is 2. The summed E-state index contributed by atoms with van der Waals surface area (Å²) in [6.45, 7) is 2.32. The molecule has 0 aliphatic heterocycles. The zero-order chi connectivity index (χ0) is 24.5. The van der Waals surface area contributed by atoms with Crippen LogP contribution in [0.3, 0.4) is 0 Å². The Bertz CT molecular complexity index is 1460. The van der Waals surface area contributed by atoms with Crippen molar-refractivity contribution in [2.24, 2.45) is 0 Å². The van der Waals surface area contributed by atoms with Gasteiger partial charge in [0.2, 0.25) is 10.0 Å². The van der Waals surface area contributed by atoms with E-state index < -0.39 is 15.8 Å². The van der Waals surface area contributed by atoms with Crippen molar-refractivity contribution >= 4 is 46.4 Å². The molecular weight excluding hydrogens is 476 g/mol. The second kappa shape index (κ2) is 9.73. The number of aryl methyl sites for hydroxylation is 1. The Morgan fingerprint density at radius 1 is 1.21 bits per heavy atom.